The Hall–Kier alpha value is -2.32. The van der Waals surface area contributed by atoms with Gasteiger partial charge in [-0.2, -0.15) is 4.80 Å². The number of benzene rings is 1. The van der Waals surface area contributed by atoms with Crippen molar-refractivity contribution in [1.82, 2.24) is 25.0 Å². The molecule has 0 N–H and O–H groups in total. The van der Waals surface area contributed by atoms with Gasteiger partial charge in [0.25, 0.3) is 0 Å². The summed E-state index contributed by atoms with van der Waals surface area (Å²) in [4.78, 5) is 13.2. The first-order valence-electron chi connectivity index (χ1n) is 9.21. The van der Waals surface area contributed by atoms with E-state index in [-0.39, 0.29) is 11.2 Å². The van der Waals surface area contributed by atoms with E-state index in [0.29, 0.717) is 41.8 Å². The van der Waals surface area contributed by atoms with Crippen LogP contribution in [0.2, 0.25) is 5.02 Å². The summed E-state index contributed by atoms with van der Waals surface area (Å²) in [5, 5.41) is 9.50. The molecule has 2 aromatic heterocycles. The number of nitrogens with zero attached hydrogens (tertiary/aromatic N) is 6. The van der Waals surface area contributed by atoms with Crippen LogP contribution >= 0.6 is 11.6 Å². The second kappa shape index (κ2) is 7.25. The van der Waals surface area contributed by atoms with Gasteiger partial charge in [0.05, 0.1) is 19.8 Å². The van der Waals surface area contributed by atoms with Crippen molar-refractivity contribution in [2.24, 2.45) is 0 Å². The van der Waals surface area contributed by atoms with Crippen LogP contribution in [0.5, 0.6) is 0 Å². The fourth-order valence-electron chi connectivity index (χ4n) is 3.04. The van der Waals surface area contributed by atoms with Crippen molar-refractivity contribution in [3.63, 3.8) is 0 Å². The standard InChI is InChI=1S/C19H22ClFN6O/c1-19(2,3)18-22-16-15(17(23-18)26-6-8-28-9-7-26)24-27(25-16)11-12-4-5-13(21)10-14(12)20/h4-5,10H,6-9,11H2,1-3H3. The van der Waals surface area contributed by atoms with E-state index in [2.05, 4.69) is 40.9 Å². The van der Waals surface area contributed by atoms with Crippen LogP contribution in [0, 0.1) is 5.82 Å². The zero-order chi connectivity index (χ0) is 19.9. The van der Waals surface area contributed by atoms with E-state index in [1.54, 1.807) is 6.07 Å². The summed E-state index contributed by atoms with van der Waals surface area (Å²) in [7, 11) is 0. The fourth-order valence-corrected chi connectivity index (χ4v) is 3.27. The number of halogens is 2. The van der Waals surface area contributed by atoms with E-state index < -0.39 is 0 Å². The van der Waals surface area contributed by atoms with E-state index in [1.165, 1.54) is 16.9 Å². The molecule has 0 bridgehead atoms. The SMILES string of the molecule is CC(C)(C)c1nc(N2CCOCC2)c2nn(Cc3ccc(F)cc3Cl)nc2n1. The number of hydrogen-bond donors (Lipinski definition) is 0. The molecule has 3 heterocycles. The average molecular weight is 405 g/mol. The maximum absolute atomic E-state index is 13.3. The Morgan fingerprint density at radius 1 is 1.14 bits per heavy atom. The molecule has 1 saturated heterocycles. The minimum atomic E-state index is -0.373. The zero-order valence-corrected chi connectivity index (χ0v) is 16.9. The van der Waals surface area contributed by atoms with E-state index in [4.69, 9.17) is 21.3 Å². The quantitative estimate of drug-likeness (QED) is 0.667. The average Bonchev–Trinajstić information content (AvgIpc) is 3.06. The molecule has 0 unspecified atom stereocenters. The molecule has 0 spiro atoms. The Labute approximate surface area is 167 Å². The zero-order valence-electron chi connectivity index (χ0n) is 16.1. The first-order valence-corrected chi connectivity index (χ1v) is 9.59. The molecule has 1 aromatic carbocycles. The van der Waals surface area contributed by atoms with Crippen molar-refractivity contribution in [1.29, 1.82) is 0 Å². The van der Waals surface area contributed by atoms with Gasteiger partial charge in [0.15, 0.2) is 11.3 Å². The molecule has 9 heteroatoms. The lowest BCUT2D eigenvalue weighted by molar-refractivity contribution is 0.122. The van der Waals surface area contributed by atoms with Gasteiger partial charge in [-0.1, -0.05) is 38.4 Å². The van der Waals surface area contributed by atoms with Crippen LogP contribution in [0.4, 0.5) is 10.2 Å². The Morgan fingerprint density at radius 3 is 2.57 bits per heavy atom. The van der Waals surface area contributed by atoms with Crippen LogP contribution in [0.1, 0.15) is 32.2 Å². The molecule has 0 aliphatic carbocycles. The van der Waals surface area contributed by atoms with Crippen LogP contribution in [0.3, 0.4) is 0 Å². The number of morpholine rings is 1. The number of rotatable bonds is 3. The highest BCUT2D eigenvalue weighted by Gasteiger charge is 2.25. The Kier molecular flexibility index (Phi) is 4.93. The summed E-state index contributed by atoms with van der Waals surface area (Å²) < 4.78 is 18.8. The van der Waals surface area contributed by atoms with Gasteiger partial charge in [0.2, 0.25) is 5.65 Å². The van der Waals surface area contributed by atoms with Crippen molar-refractivity contribution in [3.8, 4) is 0 Å². The summed E-state index contributed by atoms with van der Waals surface area (Å²) in [5.41, 5.74) is 1.70. The first-order chi connectivity index (χ1) is 13.3. The minimum Gasteiger partial charge on any atom is -0.378 e. The second-order valence-electron chi connectivity index (χ2n) is 7.86. The maximum atomic E-state index is 13.3. The molecule has 3 aromatic rings. The molecular formula is C19H22ClFN6O. The summed E-state index contributed by atoms with van der Waals surface area (Å²) >= 11 is 6.16. The smallest absolute Gasteiger partial charge is 0.207 e. The third kappa shape index (κ3) is 3.79. The van der Waals surface area contributed by atoms with Crippen molar-refractivity contribution in [2.75, 3.05) is 31.2 Å². The van der Waals surface area contributed by atoms with Gasteiger partial charge in [-0.05, 0) is 17.7 Å². The van der Waals surface area contributed by atoms with Gasteiger partial charge in [-0.15, -0.1) is 10.2 Å². The summed E-state index contributed by atoms with van der Waals surface area (Å²) in [6.07, 6.45) is 0. The largest absolute Gasteiger partial charge is 0.378 e. The van der Waals surface area contributed by atoms with E-state index >= 15 is 0 Å². The second-order valence-corrected chi connectivity index (χ2v) is 8.27. The van der Waals surface area contributed by atoms with E-state index in [1.807, 2.05) is 0 Å². The molecule has 1 aliphatic rings. The number of fused-ring (bicyclic) bond motifs is 1. The lowest BCUT2D eigenvalue weighted by Gasteiger charge is -2.28. The van der Waals surface area contributed by atoms with Gasteiger partial charge >= 0.3 is 0 Å². The lowest BCUT2D eigenvalue weighted by Crippen LogP contribution is -2.37. The Morgan fingerprint density at radius 2 is 1.89 bits per heavy atom. The molecule has 4 rings (SSSR count). The highest BCUT2D eigenvalue weighted by Crippen LogP contribution is 2.27. The highest BCUT2D eigenvalue weighted by atomic mass is 35.5. The highest BCUT2D eigenvalue weighted by molar-refractivity contribution is 6.31. The molecule has 28 heavy (non-hydrogen) atoms. The molecule has 0 atom stereocenters. The normalized spacial score (nSPS) is 15.4. The predicted molar refractivity (Wildman–Crippen MR) is 105 cm³/mol. The fraction of sp³-hybridized carbons (Fsp3) is 0.474. The number of aromatic nitrogens is 5. The molecule has 148 valence electrons. The maximum Gasteiger partial charge on any atom is 0.207 e. The van der Waals surface area contributed by atoms with Crippen molar-refractivity contribution in [3.05, 3.63) is 40.4 Å². The molecule has 0 saturated carbocycles. The Bertz CT molecular complexity index is 1010. The van der Waals surface area contributed by atoms with Crippen molar-refractivity contribution in [2.45, 2.75) is 32.7 Å². The summed E-state index contributed by atoms with van der Waals surface area (Å²) in [5.74, 6) is 1.12. The van der Waals surface area contributed by atoms with Gasteiger partial charge < -0.3 is 9.64 Å². The van der Waals surface area contributed by atoms with Crippen LogP contribution in [0.25, 0.3) is 11.2 Å². The van der Waals surface area contributed by atoms with Crippen LogP contribution in [-0.2, 0) is 16.7 Å². The summed E-state index contributed by atoms with van der Waals surface area (Å²) in [6.45, 7) is 9.31. The van der Waals surface area contributed by atoms with Crippen molar-refractivity contribution >= 4 is 28.6 Å². The van der Waals surface area contributed by atoms with Gasteiger partial charge in [-0.25, -0.2) is 14.4 Å². The number of ether oxygens (including phenoxy) is 1. The minimum absolute atomic E-state index is 0.223. The third-order valence-corrected chi connectivity index (χ3v) is 4.93. The molecule has 1 aliphatic heterocycles. The molecule has 0 radical (unpaired) electrons. The van der Waals surface area contributed by atoms with E-state index in [0.717, 1.165) is 24.5 Å². The number of anilines is 1. The van der Waals surface area contributed by atoms with Gasteiger partial charge in [0.1, 0.15) is 11.6 Å². The van der Waals surface area contributed by atoms with Crippen LogP contribution < -0.4 is 4.90 Å². The lowest BCUT2D eigenvalue weighted by atomic mass is 9.96. The molecule has 7 nitrogen and oxygen atoms in total. The number of hydrogen-bond acceptors (Lipinski definition) is 6. The first kappa shape index (κ1) is 19.0. The third-order valence-electron chi connectivity index (χ3n) is 4.58. The van der Waals surface area contributed by atoms with Crippen LogP contribution in [0.15, 0.2) is 18.2 Å². The van der Waals surface area contributed by atoms with Gasteiger partial charge in [-0.3, -0.25) is 0 Å². The molecular weight excluding hydrogens is 383 g/mol. The molecule has 1 fully saturated rings. The monoisotopic (exact) mass is 404 g/mol. The predicted octanol–water partition coefficient (Wildman–Crippen LogP) is 3.20. The van der Waals surface area contributed by atoms with Gasteiger partial charge in [0, 0.05) is 23.5 Å². The summed E-state index contributed by atoms with van der Waals surface area (Å²) in [6, 6.07) is 4.30. The van der Waals surface area contributed by atoms with Crippen molar-refractivity contribution < 1.29 is 9.13 Å². The Balaban J connectivity index is 1.78. The topological polar surface area (TPSA) is 69.0 Å². The molecule has 0 amide bonds. The van der Waals surface area contributed by atoms with E-state index in [9.17, 15) is 4.39 Å². The van der Waals surface area contributed by atoms with Crippen LogP contribution in [-0.4, -0.2) is 51.3 Å².